The molecule has 34 heavy (non-hydrogen) atoms. The summed E-state index contributed by atoms with van der Waals surface area (Å²) in [6, 6.07) is 14.8. The number of aromatic nitrogens is 4. The topological polar surface area (TPSA) is 115 Å². The van der Waals surface area contributed by atoms with Crippen LogP contribution in [0.25, 0.3) is 27.6 Å². The number of aromatic amines is 1. The number of carbonyl (C=O) groups is 1. The van der Waals surface area contributed by atoms with E-state index in [-0.39, 0.29) is 17.2 Å². The van der Waals surface area contributed by atoms with E-state index in [9.17, 15) is 9.59 Å². The van der Waals surface area contributed by atoms with Gasteiger partial charge in [-0.25, -0.2) is 9.55 Å². The van der Waals surface area contributed by atoms with Crippen molar-refractivity contribution in [3.8, 4) is 11.4 Å². The first-order valence-corrected chi connectivity index (χ1v) is 11.5. The molecule has 0 radical (unpaired) electrons. The number of nitrogens with zero attached hydrogens (tertiary/aromatic N) is 3. The number of benzene rings is 2. The second-order valence-electron chi connectivity index (χ2n) is 7.76. The zero-order valence-electron chi connectivity index (χ0n) is 18.7. The average molecular weight is 476 g/mol. The van der Waals surface area contributed by atoms with E-state index < -0.39 is 0 Å². The molecule has 0 aliphatic rings. The zero-order valence-corrected chi connectivity index (χ0v) is 19.5. The average Bonchev–Trinajstić information content (AvgIpc) is 3.41. The summed E-state index contributed by atoms with van der Waals surface area (Å²) in [6.07, 6.45) is 0. The van der Waals surface area contributed by atoms with E-state index in [1.165, 1.54) is 4.57 Å². The number of H-pyrrole nitrogens is 1. The largest absolute Gasteiger partial charge is 0.495 e. The molecule has 0 saturated heterocycles. The fourth-order valence-corrected chi connectivity index (χ4v) is 4.56. The third kappa shape index (κ3) is 3.92. The molecule has 2 N–H and O–H groups in total. The van der Waals surface area contributed by atoms with Gasteiger partial charge in [-0.05, 0) is 37.6 Å². The van der Waals surface area contributed by atoms with Gasteiger partial charge >= 0.3 is 0 Å². The van der Waals surface area contributed by atoms with Crippen LogP contribution in [0, 0.1) is 13.8 Å². The van der Waals surface area contributed by atoms with Crippen LogP contribution >= 0.6 is 11.8 Å². The summed E-state index contributed by atoms with van der Waals surface area (Å²) in [4.78, 5) is 34.3. The van der Waals surface area contributed by atoms with Crippen molar-refractivity contribution in [2.24, 2.45) is 0 Å². The van der Waals surface area contributed by atoms with Crippen molar-refractivity contribution in [3.63, 3.8) is 0 Å². The Morgan fingerprint density at radius 1 is 1.21 bits per heavy atom. The van der Waals surface area contributed by atoms with Crippen LogP contribution in [0.15, 0.2) is 63.0 Å². The van der Waals surface area contributed by atoms with Crippen molar-refractivity contribution < 1.29 is 14.1 Å². The molecule has 0 aliphatic carbocycles. The number of para-hydroxylation sites is 1. The van der Waals surface area contributed by atoms with Crippen LogP contribution in [0.1, 0.15) is 11.3 Å². The highest BCUT2D eigenvalue weighted by atomic mass is 32.2. The molecule has 172 valence electrons. The van der Waals surface area contributed by atoms with Crippen molar-refractivity contribution >= 4 is 45.4 Å². The van der Waals surface area contributed by atoms with Gasteiger partial charge in [0.1, 0.15) is 22.5 Å². The zero-order chi connectivity index (χ0) is 23.8. The SMILES string of the molecule is COc1ccc(C)cc1-n1c(SCC(=O)Nc2cc(C)on2)nc2c([nH]c3ccccc32)c1=O. The Bertz CT molecular complexity index is 1600. The monoisotopic (exact) mass is 475 g/mol. The number of hydrogen-bond acceptors (Lipinski definition) is 7. The predicted molar refractivity (Wildman–Crippen MR) is 131 cm³/mol. The van der Waals surface area contributed by atoms with E-state index in [1.54, 1.807) is 26.2 Å². The molecular formula is C24H21N5O4S. The van der Waals surface area contributed by atoms with Gasteiger partial charge in [0, 0.05) is 17.0 Å². The highest BCUT2D eigenvalue weighted by Crippen LogP contribution is 2.30. The van der Waals surface area contributed by atoms with E-state index in [2.05, 4.69) is 15.5 Å². The molecular weight excluding hydrogens is 454 g/mol. The molecule has 10 heteroatoms. The summed E-state index contributed by atoms with van der Waals surface area (Å²) in [6.45, 7) is 3.68. The first-order chi connectivity index (χ1) is 16.4. The lowest BCUT2D eigenvalue weighted by Gasteiger charge is -2.15. The molecule has 5 rings (SSSR count). The number of hydrogen-bond donors (Lipinski definition) is 2. The van der Waals surface area contributed by atoms with Crippen molar-refractivity contribution in [3.05, 3.63) is 70.2 Å². The lowest BCUT2D eigenvalue weighted by molar-refractivity contribution is -0.113. The number of rotatable bonds is 6. The number of fused-ring (bicyclic) bond motifs is 3. The number of amides is 1. The van der Waals surface area contributed by atoms with Gasteiger partial charge in [-0.3, -0.25) is 9.59 Å². The van der Waals surface area contributed by atoms with Gasteiger partial charge in [0.05, 0.1) is 18.6 Å². The molecule has 0 bridgehead atoms. The maximum Gasteiger partial charge on any atom is 0.283 e. The molecule has 0 aliphatic heterocycles. The van der Waals surface area contributed by atoms with Crippen LogP contribution in [0.2, 0.25) is 0 Å². The van der Waals surface area contributed by atoms with E-state index in [1.807, 2.05) is 43.3 Å². The van der Waals surface area contributed by atoms with E-state index in [0.29, 0.717) is 39.2 Å². The van der Waals surface area contributed by atoms with E-state index >= 15 is 0 Å². The minimum Gasteiger partial charge on any atom is -0.495 e. The van der Waals surface area contributed by atoms with Crippen LogP contribution in [-0.2, 0) is 4.79 Å². The smallest absolute Gasteiger partial charge is 0.283 e. The Morgan fingerprint density at radius 2 is 2.03 bits per heavy atom. The lowest BCUT2D eigenvalue weighted by atomic mass is 10.2. The summed E-state index contributed by atoms with van der Waals surface area (Å²) < 4.78 is 12.0. The number of carbonyl (C=O) groups excluding carboxylic acids is 1. The summed E-state index contributed by atoms with van der Waals surface area (Å²) >= 11 is 1.15. The van der Waals surface area contributed by atoms with Gasteiger partial charge < -0.3 is 19.6 Å². The number of anilines is 1. The van der Waals surface area contributed by atoms with Crippen LogP contribution < -0.4 is 15.6 Å². The number of methoxy groups -OCH3 is 1. The molecule has 2 aromatic carbocycles. The van der Waals surface area contributed by atoms with Crippen molar-refractivity contribution in [1.82, 2.24) is 19.7 Å². The van der Waals surface area contributed by atoms with Crippen LogP contribution in [0.5, 0.6) is 5.75 Å². The van der Waals surface area contributed by atoms with E-state index in [0.717, 1.165) is 28.2 Å². The van der Waals surface area contributed by atoms with Gasteiger partial charge in [0.15, 0.2) is 11.0 Å². The molecule has 0 saturated carbocycles. The second kappa shape index (κ2) is 8.71. The highest BCUT2D eigenvalue weighted by molar-refractivity contribution is 7.99. The normalized spacial score (nSPS) is 11.3. The first-order valence-electron chi connectivity index (χ1n) is 10.5. The van der Waals surface area contributed by atoms with Crippen molar-refractivity contribution in [2.45, 2.75) is 19.0 Å². The van der Waals surface area contributed by atoms with Crippen molar-refractivity contribution in [2.75, 3.05) is 18.2 Å². The number of thioether (sulfide) groups is 1. The molecule has 0 unspecified atom stereocenters. The molecule has 3 aromatic heterocycles. The second-order valence-corrected chi connectivity index (χ2v) is 8.71. The third-order valence-corrected chi connectivity index (χ3v) is 6.24. The number of nitrogens with one attached hydrogen (secondary N) is 2. The quantitative estimate of drug-likeness (QED) is 0.279. The Balaban J connectivity index is 1.63. The van der Waals surface area contributed by atoms with Gasteiger partial charge in [-0.2, -0.15) is 0 Å². The highest BCUT2D eigenvalue weighted by Gasteiger charge is 2.20. The standard InChI is InChI=1S/C24H21N5O4S/c1-13-8-9-18(32-3)17(10-13)29-23(31)22-21(15-6-4-5-7-16(15)25-22)27-24(29)34-12-20(30)26-19-11-14(2)33-28-19/h4-11,25H,12H2,1-3H3,(H,26,28,30). The maximum absolute atomic E-state index is 13.7. The minimum absolute atomic E-state index is 0.0142. The Kier molecular flexibility index (Phi) is 5.58. The van der Waals surface area contributed by atoms with Crippen molar-refractivity contribution in [1.29, 1.82) is 0 Å². The molecule has 0 atom stereocenters. The molecule has 1 amide bonds. The minimum atomic E-state index is -0.297. The summed E-state index contributed by atoms with van der Waals surface area (Å²) in [5.41, 5.74) is 2.98. The maximum atomic E-state index is 13.7. The lowest BCUT2D eigenvalue weighted by Crippen LogP contribution is -2.23. The molecule has 0 fully saturated rings. The first kappa shape index (κ1) is 21.8. The fourth-order valence-electron chi connectivity index (χ4n) is 3.76. The van der Waals surface area contributed by atoms with Gasteiger partial charge in [0.25, 0.3) is 5.56 Å². The number of aryl methyl sites for hydroxylation is 2. The summed E-state index contributed by atoms with van der Waals surface area (Å²) in [5.74, 6) is 1.17. The fraction of sp³-hybridized carbons (Fsp3) is 0.167. The predicted octanol–water partition coefficient (Wildman–Crippen LogP) is 4.21. The summed E-state index contributed by atoms with van der Waals surface area (Å²) in [7, 11) is 1.55. The van der Waals surface area contributed by atoms with E-state index in [4.69, 9.17) is 14.2 Å². The Labute approximate surface area is 198 Å². The van der Waals surface area contributed by atoms with Crippen LogP contribution in [0.4, 0.5) is 5.82 Å². The van der Waals surface area contributed by atoms with Crippen LogP contribution in [0.3, 0.4) is 0 Å². The number of ether oxygens (including phenoxy) is 1. The van der Waals surface area contributed by atoms with Gasteiger partial charge in [-0.1, -0.05) is 41.2 Å². The van der Waals surface area contributed by atoms with Gasteiger partial charge in [-0.15, -0.1) is 0 Å². The Morgan fingerprint density at radius 3 is 2.79 bits per heavy atom. The summed E-state index contributed by atoms with van der Waals surface area (Å²) in [5, 5.41) is 7.68. The van der Waals surface area contributed by atoms with Gasteiger partial charge in [0.2, 0.25) is 5.91 Å². The Hall–Kier alpha value is -4.05. The third-order valence-electron chi connectivity index (χ3n) is 5.30. The molecule has 0 spiro atoms. The molecule has 3 heterocycles. The molecule has 9 nitrogen and oxygen atoms in total. The van der Waals surface area contributed by atoms with Crippen LogP contribution in [-0.4, -0.2) is 38.5 Å². The molecule has 5 aromatic rings.